The molecule has 0 aliphatic rings. The molecule has 0 bridgehead atoms. The van der Waals surface area contributed by atoms with E-state index in [2.05, 4.69) is 21.1 Å². The van der Waals surface area contributed by atoms with Crippen molar-refractivity contribution >= 4 is 13.6 Å². The van der Waals surface area contributed by atoms with Gasteiger partial charge in [0.15, 0.2) is 0 Å². The normalized spacial score (nSPS) is 14.3. The molecule has 0 spiro atoms. The van der Waals surface area contributed by atoms with Gasteiger partial charge in [-0.2, -0.15) is 0 Å². The van der Waals surface area contributed by atoms with Gasteiger partial charge in [0.05, 0.1) is 0 Å². The third kappa shape index (κ3) is 6.51. The molecule has 6 heteroatoms. The van der Waals surface area contributed by atoms with Crippen molar-refractivity contribution in [2.24, 2.45) is 0 Å². The summed E-state index contributed by atoms with van der Waals surface area (Å²) < 4.78 is 6.25. The first-order valence-corrected chi connectivity index (χ1v) is 11.0. The van der Waals surface area contributed by atoms with Gasteiger partial charge in [-0.05, 0) is 0 Å². The van der Waals surface area contributed by atoms with E-state index >= 15 is 0 Å². The van der Waals surface area contributed by atoms with Crippen LogP contribution in [0, 0.1) is 0 Å². The molecule has 0 unspecified atom stereocenters. The first-order chi connectivity index (χ1) is 6.89. The summed E-state index contributed by atoms with van der Waals surface area (Å²) in [6, 6.07) is 0. The Morgan fingerprint density at radius 2 is 1.47 bits per heavy atom. The van der Waals surface area contributed by atoms with Crippen LogP contribution in [0.15, 0.2) is 0 Å². The monoisotopic (exact) mass is 286 g/mol. The molecule has 0 aliphatic carbocycles. The van der Waals surface area contributed by atoms with Crippen LogP contribution in [-0.2, 0) is 4.74 Å². The van der Waals surface area contributed by atoms with Crippen molar-refractivity contribution in [2.75, 3.05) is 55.9 Å². The number of ether oxygens (including phenoxy) is 1. The molecule has 0 saturated heterocycles. The molecule has 0 aliphatic heterocycles. The molecule has 0 fully saturated rings. The van der Waals surface area contributed by atoms with E-state index in [0.29, 0.717) is 12.0 Å². The fraction of sp³-hybridized carbons (Fsp3) is 1.00. The van der Waals surface area contributed by atoms with Gasteiger partial charge in [-0.15, -0.1) is 0 Å². The van der Waals surface area contributed by atoms with E-state index < -0.39 is 13.6 Å². The van der Waals surface area contributed by atoms with Crippen molar-refractivity contribution in [1.82, 2.24) is 0 Å². The van der Waals surface area contributed by atoms with Crippen molar-refractivity contribution in [3.05, 3.63) is 0 Å². The topological polar surface area (TPSA) is 69.9 Å². The van der Waals surface area contributed by atoms with Gasteiger partial charge in [-0.3, -0.25) is 0 Å². The molecular formula is C9H25AsNO4+. The van der Waals surface area contributed by atoms with Gasteiger partial charge in [0.1, 0.15) is 0 Å². The second-order valence-corrected chi connectivity index (χ2v) is 13.9. The molecule has 0 rings (SSSR count). The molecule has 94 valence electrons. The van der Waals surface area contributed by atoms with Crippen LogP contribution < -0.4 is 0 Å². The molecular weight excluding hydrogens is 261 g/mol. The van der Waals surface area contributed by atoms with Gasteiger partial charge >= 0.3 is 94.0 Å². The second-order valence-electron chi connectivity index (χ2n) is 5.04. The van der Waals surface area contributed by atoms with Crippen LogP contribution in [0.1, 0.15) is 0 Å². The van der Waals surface area contributed by atoms with E-state index in [-0.39, 0.29) is 16.2 Å². The zero-order valence-electron chi connectivity index (χ0n) is 9.94. The summed E-state index contributed by atoms with van der Waals surface area (Å²) in [6.45, 7) is 1.47. The maximum absolute atomic E-state index is 9.12. The van der Waals surface area contributed by atoms with E-state index in [1.54, 1.807) is 0 Å². The fourth-order valence-corrected chi connectivity index (χ4v) is 3.33. The van der Waals surface area contributed by atoms with Crippen LogP contribution >= 0.6 is 0 Å². The Balaban J connectivity index is 3.82. The SMILES string of the molecule is C[N+](C)(C)CCOC[AsH](CO)(CO)CO. The molecule has 0 radical (unpaired) electrons. The molecule has 0 aromatic rings. The van der Waals surface area contributed by atoms with Crippen LogP contribution in [0.5, 0.6) is 0 Å². The number of hydrogen-bond donors (Lipinski definition) is 3. The van der Waals surface area contributed by atoms with E-state index in [0.717, 1.165) is 11.0 Å². The molecule has 0 atom stereocenters. The van der Waals surface area contributed by atoms with Gasteiger partial charge in [0.25, 0.3) is 0 Å². The molecule has 15 heavy (non-hydrogen) atoms. The summed E-state index contributed by atoms with van der Waals surface area (Å²) in [5, 5.41) is 27.5. The van der Waals surface area contributed by atoms with Crippen molar-refractivity contribution in [3.63, 3.8) is 0 Å². The minimum atomic E-state index is -2.89. The Hall–Kier alpha value is 0.358. The van der Waals surface area contributed by atoms with E-state index in [4.69, 9.17) is 20.1 Å². The van der Waals surface area contributed by atoms with Gasteiger partial charge in [0, 0.05) is 0 Å². The number of quaternary nitrogens is 1. The Morgan fingerprint density at radius 1 is 1.00 bits per heavy atom. The van der Waals surface area contributed by atoms with Crippen LogP contribution in [0.4, 0.5) is 0 Å². The zero-order chi connectivity index (χ0) is 11.9. The van der Waals surface area contributed by atoms with Crippen LogP contribution in [0.2, 0.25) is 0 Å². The number of hydrogen-bond acceptors (Lipinski definition) is 4. The zero-order valence-corrected chi connectivity index (χ0v) is 12.0. The molecule has 0 heterocycles. The number of aliphatic hydroxyl groups excluding tert-OH is 3. The average molecular weight is 286 g/mol. The molecule has 0 aromatic carbocycles. The third-order valence-electron chi connectivity index (χ3n) is 2.32. The molecule has 3 N–H and O–H groups in total. The Morgan fingerprint density at radius 3 is 1.80 bits per heavy atom. The van der Waals surface area contributed by atoms with Crippen LogP contribution in [-0.4, -0.2) is 89.2 Å². The summed E-state index contributed by atoms with van der Waals surface area (Å²) >= 11 is -2.89. The van der Waals surface area contributed by atoms with Crippen molar-refractivity contribution in [1.29, 1.82) is 0 Å². The maximum atomic E-state index is 9.12. The quantitative estimate of drug-likeness (QED) is 0.275. The number of likely N-dealkylation sites (N-methyl/N-ethyl adjacent to an activating group) is 1. The summed E-state index contributed by atoms with van der Waals surface area (Å²) in [5.74, 6) is 0. The van der Waals surface area contributed by atoms with E-state index in [1.165, 1.54) is 0 Å². The van der Waals surface area contributed by atoms with E-state index in [1.807, 2.05) is 0 Å². The van der Waals surface area contributed by atoms with Crippen LogP contribution in [0.25, 0.3) is 0 Å². The molecule has 0 amide bonds. The Kier molecular flexibility index (Phi) is 7.00. The summed E-state index contributed by atoms with van der Waals surface area (Å²) in [5.41, 5.74) is 0. The standard InChI is InChI=1S/C9H25AsNO4/c1-11(2,3)4-5-15-9-10(6-12,7-13)8-14/h10,12-14H,4-9H2,1-3H3/q+1. The summed E-state index contributed by atoms with van der Waals surface area (Å²) in [7, 11) is 6.21. The second kappa shape index (κ2) is 6.84. The summed E-state index contributed by atoms with van der Waals surface area (Å²) in [6.07, 6.45) is 0. The van der Waals surface area contributed by atoms with Crippen molar-refractivity contribution < 1.29 is 24.5 Å². The minimum absolute atomic E-state index is 0.0859. The first kappa shape index (κ1) is 15.4. The first-order valence-electron chi connectivity index (χ1n) is 5.10. The van der Waals surface area contributed by atoms with Gasteiger partial charge in [-0.1, -0.05) is 0 Å². The van der Waals surface area contributed by atoms with E-state index in [9.17, 15) is 0 Å². The third-order valence-corrected chi connectivity index (χ3v) is 8.26. The van der Waals surface area contributed by atoms with Gasteiger partial charge < -0.3 is 0 Å². The number of aliphatic hydroxyl groups is 3. The van der Waals surface area contributed by atoms with Crippen molar-refractivity contribution in [3.8, 4) is 0 Å². The van der Waals surface area contributed by atoms with Gasteiger partial charge in [0.2, 0.25) is 0 Å². The predicted octanol–water partition coefficient (Wildman–Crippen LogP) is -1.98. The van der Waals surface area contributed by atoms with Crippen LogP contribution in [0.3, 0.4) is 0 Å². The average Bonchev–Trinajstić information content (AvgIpc) is 2.18. The summed E-state index contributed by atoms with van der Waals surface area (Å²) in [4.78, 5) is 0. The Bertz CT molecular complexity index is 160. The Labute approximate surface area is 94.3 Å². The van der Waals surface area contributed by atoms with Gasteiger partial charge in [-0.25, -0.2) is 0 Å². The predicted molar refractivity (Wildman–Crippen MR) is 62.1 cm³/mol. The number of nitrogens with zero attached hydrogens (tertiary/aromatic N) is 1. The molecule has 0 aromatic heterocycles. The van der Waals surface area contributed by atoms with Crippen molar-refractivity contribution in [2.45, 2.75) is 0 Å². The molecule has 5 nitrogen and oxygen atoms in total. The molecule has 0 saturated carbocycles. The fourth-order valence-electron chi connectivity index (χ4n) is 0.914. The number of rotatable bonds is 8.